The van der Waals surface area contributed by atoms with E-state index in [1.807, 2.05) is 24.3 Å². The zero-order valence-electron chi connectivity index (χ0n) is 23.4. The molecule has 0 unspecified atom stereocenters. The summed E-state index contributed by atoms with van der Waals surface area (Å²) in [6.45, 7) is 4.73. The molecule has 0 radical (unpaired) electrons. The van der Waals surface area contributed by atoms with Gasteiger partial charge in [-0.2, -0.15) is 5.26 Å². The van der Waals surface area contributed by atoms with Crippen LogP contribution in [0.25, 0.3) is 11.1 Å². The molecule has 3 aromatic carbocycles. The monoisotopic (exact) mass is 538 g/mol. The lowest BCUT2D eigenvalue weighted by atomic mass is 9.69. The molecule has 3 aliphatic rings. The molecule has 0 spiro atoms. The molecule has 40 heavy (non-hydrogen) atoms. The Kier molecular flexibility index (Phi) is 7.84. The highest BCUT2D eigenvalue weighted by molar-refractivity contribution is 5.79. The van der Waals surface area contributed by atoms with Crippen LogP contribution in [0, 0.1) is 17.2 Å². The number of methoxy groups -OCH3 is 1. The number of nitrogens with zero attached hydrogens (tertiary/aromatic N) is 2. The third-order valence-corrected chi connectivity index (χ3v) is 9.15. The largest absolute Gasteiger partial charge is 0.497 e. The molecule has 3 heterocycles. The summed E-state index contributed by atoms with van der Waals surface area (Å²) in [5, 5.41) is 10.2. The first-order chi connectivity index (χ1) is 19.7. The molecule has 0 bridgehead atoms. The molecule has 6 heteroatoms. The van der Waals surface area contributed by atoms with Crippen molar-refractivity contribution in [3.8, 4) is 34.4 Å². The topological polar surface area (TPSA) is 64.0 Å². The van der Waals surface area contributed by atoms with Crippen LogP contribution in [0.5, 0.6) is 17.2 Å². The third-order valence-electron chi connectivity index (χ3n) is 9.15. The Hall–Kier alpha value is -3.69. The van der Waals surface area contributed by atoms with Gasteiger partial charge in [0.25, 0.3) is 0 Å². The van der Waals surface area contributed by atoms with E-state index in [4.69, 9.17) is 18.9 Å². The molecule has 208 valence electrons. The van der Waals surface area contributed by atoms with E-state index in [1.54, 1.807) is 7.11 Å². The molecule has 0 aliphatic carbocycles. The molecule has 6 nitrogen and oxygen atoms in total. The number of ether oxygens (including phenoxy) is 4. The molecule has 3 aliphatic heterocycles. The van der Waals surface area contributed by atoms with Gasteiger partial charge >= 0.3 is 0 Å². The summed E-state index contributed by atoms with van der Waals surface area (Å²) in [5.74, 6) is 3.12. The van der Waals surface area contributed by atoms with Gasteiger partial charge in [0.2, 0.25) is 0 Å². The zero-order valence-corrected chi connectivity index (χ0v) is 23.4. The number of rotatable bonds is 7. The highest BCUT2D eigenvalue weighted by atomic mass is 16.6. The van der Waals surface area contributed by atoms with Gasteiger partial charge in [-0.1, -0.05) is 30.3 Å². The highest BCUT2D eigenvalue weighted by Gasteiger charge is 2.35. The number of hydrogen-bond donors (Lipinski definition) is 0. The summed E-state index contributed by atoms with van der Waals surface area (Å²) in [6, 6.07) is 23.4. The molecule has 2 fully saturated rings. The van der Waals surface area contributed by atoms with Crippen molar-refractivity contribution in [2.75, 3.05) is 51.5 Å². The Morgan fingerprint density at radius 1 is 0.925 bits per heavy atom. The van der Waals surface area contributed by atoms with Crippen LogP contribution in [0.4, 0.5) is 5.69 Å². The predicted octanol–water partition coefficient (Wildman–Crippen LogP) is 6.75. The fraction of sp³-hybridized carbons (Fsp3) is 0.441. The minimum atomic E-state index is 0.188. The van der Waals surface area contributed by atoms with Gasteiger partial charge in [-0.05, 0) is 91.3 Å². The van der Waals surface area contributed by atoms with E-state index in [2.05, 4.69) is 47.4 Å². The smallest absolute Gasteiger partial charge is 0.161 e. The van der Waals surface area contributed by atoms with Gasteiger partial charge in [-0.3, -0.25) is 0 Å². The minimum Gasteiger partial charge on any atom is -0.497 e. The van der Waals surface area contributed by atoms with E-state index in [-0.39, 0.29) is 5.41 Å². The first-order valence-corrected chi connectivity index (χ1v) is 14.6. The highest BCUT2D eigenvalue weighted by Crippen LogP contribution is 2.42. The van der Waals surface area contributed by atoms with Crippen molar-refractivity contribution in [1.82, 2.24) is 0 Å². The predicted molar refractivity (Wildman–Crippen MR) is 156 cm³/mol. The van der Waals surface area contributed by atoms with Crippen LogP contribution in [0.15, 0.2) is 60.7 Å². The van der Waals surface area contributed by atoms with Crippen LogP contribution in [-0.2, 0) is 10.2 Å². The second-order valence-corrected chi connectivity index (χ2v) is 11.3. The molecule has 3 aromatic rings. The normalized spacial score (nSPS) is 18.6. The molecule has 0 saturated carbocycles. The van der Waals surface area contributed by atoms with Crippen molar-refractivity contribution in [1.29, 1.82) is 5.26 Å². The van der Waals surface area contributed by atoms with E-state index >= 15 is 0 Å². The zero-order chi connectivity index (χ0) is 27.4. The average molecular weight is 539 g/mol. The second kappa shape index (κ2) is 11.8. The Labute approximate surface area is 237 Å². The number of anilines is 1. The van der Waals surface area contributed by atoms with Crippen molar-refractivity contribution >= 4 is 5.69 Å². The van der Waals surface area contributed by atoms with Crippen LogP contribution in [0.2, 0.25) is 0 Å². The number of nitriles is 1. The number of fused-ring (bicyclic) bond motifs is 1. The van der Waals surface area contributed by atoms with Gasteiger partial charge in [0.05, 0.1) is 18.4 Å². The van der Waals surface area contributed by atoms with Crippen LogP contribution >= 0.6 is 0 Å². The minimum absolute atomic E-state index is 0.188. The Balaban J connectivity index is 1.13. The van der Waals surface area contributed by atoms with Crippen molar-refractivity contribution in [2.45, 2.75) is 43.9 Å². The maximum absolute atomic E-state index is 10.2. The molecular formula is C34H38N2O4. The summed E-state index contributed by atoms with van der Waals surface area (Å²) in [6.07, 6.45) is 6.87. The van der Waals surface area contributed by atoms with Crippen LogP contribution < -0.4 is 19.1 Å². The first-order valence-electron chi connectivity index (χ1n) is 14.6. The second-order valence-electron chi connectivity index (χ2n) is 11.3. The van der Waals surface area contributed by atoms with E-state index in [9.17, 15) is 5.26 Å². The van der Waals surface area contributed by atoms with Gasteiger partial charge in [0.1, 0.15) is 25.0 Å². The van der Waals surface area contributed by atoms with Crippen molar-refractivity contribution in [3.63, 3.8) is 0 Å². The van der Waals surface area contributed by atoms with E-state index in [0.717, 1.165) is 91.6 Å². The maximum atomic E-state index is 10.2. The van der Waals surface area contributed by atoms with Gasteiger partial charge in [0.15, 0.2) is 11.5 Å². The number of benzene rings is 3. The molecule has 6 rings (SSSR count). The number of piperidine rings is 1. The van der Waals surface area contributed by atoms with Crippen molar-refractivity contribution < 1.29 is 18.9 Å². The van der Waals surface area contributed by atoms with Gasteiger partial charge in [-0.25, -0.2) is 0 Å². The van der Waals surface area contributed by atoms with Crippen LogP contribution in [0.1, 0.15) is 49.7 Å². The molecule has 0 N–H and O–H groups in total. The summed E-state index contributed by atoms with van der Waals surface area (Å²) < 4.78 is 22.7. The Morgan fingerprint density at radius 3 is 2.40 bits per heavy atom. The van der Waals surface area contributed by atoms with Gasteiger partial charge in [0, 0.05) is 31.9 Å². The molecule has 2 saturated heterocycles. The fourth-order valence-corrected chi connectivity index (χ4v) is 6.71. The summed E-state index contributed by atoms with van der Waals surface area (Å²) in [4.78, 5) is 2.41. The van der Waals surface area contributed by atoms with Crippen LogP contribution in [-0.4, -0.2) is 46.6 Å². The van der Waals surface area contributed by atoms with Crippen LogP contribution in [0.3, 0.4) is 0 Å². The van der Waals surface area contributed by atoms with Gasteiger partial charge in [-0.15, -0.1) is 0 Å². The summed E-state index contributed by atoms with van der Waals surface area (Å²) in [5.41, 5.74) is 5.31. The molecule has 0 amide bonds. The van der Waals surface area contributed by atoms with Crippen molar-refractivity contribution in [2.24, 2.45) is 5.92 Å². The molecule has 0 atom stereocenters. The average Bonchev–Trinajstić information content (AvgIpc) is 3.04. The maximum Gasteiger partial charge on any atom is 0.161 e. The number of hydrogen-bond acceptors (Lipinski definition) is 6. The van der Waals surface area contributed by atoms with Gasteiger partial charge < -0.3 is 23.8 Å². The van der Waals surface area contributed by atoms with E-state index < -0.39 is 0 Å². The Morgan fingerprint density at radius 2 is 1.68 bits per heavy atom. The standard InChI is InChI=1S/C34H38N2O4/c1-37-28-8-6-27(7-9-28)34(15-19-38-20-16-34)14-11-25-12-17-36(18-13-25)31-4-2-3-29(30(31)24-35)26-5-10-32-33(23-26)40-22-21-39-32/h2-10,23,25H,11-22H2,1H3. The quantitative estimate of drug-likeness (QED) is 0.332. The molecule has 0 aromatic heterocycles. The lowest BCUT2D eigenvalue weighted by Crippen LogP contribution is -2.37. The third kappa shape index (κ3) is 5.36. The molecular weight excluding hydrogens is 500 g/mol. The SMILES string of the molecule is COc1ccc(C2(CCC3CCN(c4cccc(-c5ccc6c(c5)OCCO6)c4C#N)CC3)CCOCC2)cc1. The van der Waals surface area contributed by atoms with E-state index in [1.165, 1.54) is 18.4 Å². The lowest BCUT2D eigenvalue weighted by Gasteiger charge is -2.40. The van der Waals surface area contributed by atoms with Crippen molar-refractivity contribution in [3.05, 3.63) is 71.8 Å². The first kappa shape index (κ1) is 26.5. The summed E-state index contributed by atoms with van der Waals surface area (Å²) in [7, 11) is 1.72. The fourth-order valence-electron chi connectivity index (χ4n) is 6.71. The lowest BCUT2D eigenvalue weighted by molar-refractivity contribution is 0.0438. The Bertz CT molecular complexity index is 1350. The van der Waals surface area contributed by atoms with E-state index in [0.29, 0.717) is 19.1 Å². The summed E-state index contributed by atoms with van der Waals surface area (Å²) >= 11 is 0.